The van der Waals surface area contributed by atoms with E-state index in [1.165, 1.54) is 0 Å². The highest BCUT2D eigenvalue weighted by molar-refractivity contribution is 5.29. The summed E-state index contributed by atoms with van der Waals surface area (Å²) in [6.45, 7) is 8.49. The van der Waals surface area contributed by atoms with Crippen LogP contribution in [-0.4, -0.2) is 19.7 Å². The van der Waals surface area contributed by atoms with E-state index in [1.807, 2.05) is 13.1 Å². The molecule has 17 heavy (non-hydrogen) atoms. The molecule has 0 aliphatic rings. The van der Waals surface area contributed by atoms with Crippen molar-refractivity contribution >= 4 is 5.95 Å². The molecule has 2 aromatic heterocycles. The fraction of sp³-hybridized carbons (Fsp3) is 0.545. The van der Waals surface area contributed by atoms with Crippen LogP contribution in [0.4, 0.5) is 5.95 Å². The van der Waals surface area contributed by atoms with E-state index in [1.54, 1.807) is 6.92 Å². The van der Waals surface area contributed by atoms with Gasteiger partial charge >= 0.3 is 0 Å². The van der Waals surface area contributed by atoms with Gasteiger partial charge in [0.15, 0.2) is 5.82 Å². The Labute approximate surface area is 100 Å². The number of rotatable bonds is 4. The summed E-state index contributed by atoms with van der Waals surface area (Å²) in [7, 11) is 0. The molecule has 0 amide bonds. The maximum atomic E-state index is 5.03. The second-order valence-electron chi connectivity index (χ2n) is 4.30. The number of hydrogen-bond donors (Lipinski definition) is 1. The van der Waals surface area contributed by atoms with E-state index in [2.05, 4.69) is 38.9 Å². The van der Waals surface area contributed by atoms with Crippen LogP contribution >= 0.6 is 0 Å². The third-order valence-electron chi connectivity index (χ3n) is 2.38. The lowest BCUT2D eigenvalue weighted by Crippen LogP contribution is -2.09. The van der Waals surface area contributed by atoms with Gasteiger partial charge in [0.1, 0.15) is 0 Å². The van der Waals surface area contributed by atoms with Gasteiger partial charge in [-0.25, -0.2) is 4.98 Å². The van der Waals surface area contributed by atoms with Gasteiger partial charge in [0.25, 0.3) is 0 Å². The lowest BCUT2D eigenvalue weighted by molar-refractivity contribution is 0.379. The number of aromatic nitrogens is 4. The topological polar surface area (TPSA) is 68.8 Å². The van der Waals surface area contributed by atoms with Gasteiger partial charge in [-0.2, -0.15) is 4.98 Å². The highest BCUT2D eigenvalue weighted by Crippen LogP contribution is 2.15. The smallest absolute Gasteiger partial charge is 0.246 e. The molecular formula is C11H17N5O. The summed E-state index contributed by atoms with van der Waals surface area (Å²) in [4.78, 5) is 8.55. The van der Waals surface area contributed by atoms with Crippen molar-refractivity contribution in [2.24, 2.45) is 0 Å². The van der Waals surface area contributed by atoms with Gasteiger partial charge in [0, 0.05) is 12.2 Å². The monoisotopic (exact) mass is 235 g/mol. The maximum Gasteiger partial charge on any atom is 0.246 e. The Bertz CT molecular complexity index is 500. The van der Waals surface area contributed by atoms with Crippen LogP contribution in [0.3, 0.4) is 0 Å². The number of imidazole rings is 1. The van der Waals surface area contributed by atoms with Crippen molar-refractivity contribution in [1.82, 2.24) is 19.7 Å². The third kappa shape index (κ3) is 2.64. The van der Waals surface area contributed by atoms with Crippen LogP contribution in [0.25, 0.3) is 0 Å². The molecule has 0 saturated carbocycles. The van der Waals surface area contributed by atoms with E-state index in [0.29, 0.717) is 24.3 Å². The van der Waals surface area contributed by atoms with E-state index in [-0.39, 0.29) is 0 Å². The fourth-order valence-corrected chi connectivity index (χ4v) is 1.61. The van der Waals surface area contributed by atoms with Crippen molar-refractivity contribution in [3.05, 3.63) is 23.6 Å². The minimum absolute atomic E-state index is 0.364. The molecule has 92 valence electrons. The minimum Gasteiger partial charge on any atom is -0.347 e. The molecule has 2 aromatic rings. The first-order chi connectivity index (χ1) is 8.06. The summed E-state index contributed by atoms with van der Waals surface area (Å²) in [5, 5.41) is 6.94. The largest absolute Gasteiger partial charge is 0.347 e. The molecule has 1 N–H and O–H groups in total. The summed E-state index contributed by atoms with van der Waals surface area (Å²) in [5.41, 5.74) is 0.989. The van der Waals surface area contributed by atoms with E-state index < -0.39 is 0 Å². The zero-order chi connectivity index (χ0) is 12.4. The average molecular weight is 235 g/mol. The first kappa shape index (κ1) is 11.6. The number of hydrogen-bond acceptors (Lipinski definition) is 5. The Hall–Kier alpha value is -1.85. The molecule has 2 rings (SSSR count). The molecule has 0 bridgehead atoms. The van der Waals surface area contributed by atoms with E-state index in [4.69, 9.17) is 4.52 Å². The lowest BCUT2D eigenvalue weighted by atomic mass is 10.4. The highest BCUT2D eigenvalue weighted by atomic mass is 16.5. The molecule has 0 saturated heterocycles. The molecule has 0 unspecified atom stereocenters. The van der Waals surface area contributed by atoms with Crippen molar-refractivity contribution in [3.63, 3.8) is 0 Å². The van der Waals surface area contributed by atoms with Gasteiger partial charge in [0.2, 0.25) is 11.8 Å². The van der Waals surface area contributed by atoms with Gasteiger partial charge in [-0.3, -0.25) is 0 Å². The molecule has 0 fully saturated rings. The van der Waals surface area contributed by atoms with E-state index >= 15 is 0 Å². The molecule has 6 heteroatoms. The molecule has 6 nitrogen and oxygen atoms in total. The summed E-state index contributed by atoms with van der Waals surface area (Å²) in [6, 6.07) is 0.364. The molecule has 2 heterocycles. The van der Waals surface area contributed by atoms with Crippen molar-refractivity contribution in [3.8, 4) is 0 Å². The zero-order valence-corrected chi connectivity index (χ0v) is 10.6. The van der Waals surface area contributed by atoms with Gasteiger partial charge < -0.3 is 14.4 Å². The second-order valence-corrected chi connectivity index (χ2v) is 4.30. The first-order valence-corrected chi connectivity index (χ1v) is 5.65. The normalized spacial score (nSPS) is 11.1. The third-order valence-corrected chi connectivity index (χ3v) is 2.38. The van der Waals surface area contributed by atoms with Gasteiger partial charge in [-0.15, -0.1) is 0 Å². The van der Waals surface area contributed by atoms with Crippen molar-refractivity contribution in [1.29, 1.82) is 0 Å². The molecular weight excluding hydrogens is 218 g/mol. The number of nitrogens with one attached hydrogen (secondary N) is 1. The van der Waals surface area contributed by atoms with Gasteiger partial charge in [0.05, 0.1) is 12.2 Å². The maximum absolute atomic E-state index is 5.03. The van der Waals surface area contributed by atoms with Crippen LogP contribution in [0.2, 0.25) is 0 Å². The van der Waals surface area contributed by atoms with E-state index in [0.717, 1.165) is 11.6 Å². The Balaban J connectivity index is 2.08. The predicted octanol–water partition coefficient (Wildman–Crippen LogP) is 2.08. The number of aryl methyl sites for hydroxylation is 2. The molecule has 0 aliphatic carbocycles. The van der Waals surface area contributed by atoms with Crippen molar-refractivity contribution in [2.45, 2.75) is 40.3 Å². The summed E-state index contributed by atoms with van der Waals surface area (Å²) < 4.78 is 7.11. The Morgan fingerprint density at radius 3 is 2.71 bits per heavy atom. The Morgan fingerprint density at radius 1 is 1.35 bits per heavy atom. The van der Waals surface area contributed by atoms with Crippen LogP contribution in [0.5, 0.6) is 0 Å². The highest BCUT2D eigenvalue weighted by Gasteiger charge is 2.09. The molecule has 0 atom stereocenters. The molecule has 0 aliphatic heterocycles. The van der Waals surface area contributed by atoms with Gasteiger partial charge in [-0.05, 0) is 27.7 Å². The van der Waals surface area contributed by atoms with Crippen LogP contribution in [0.15, 0.2) is 10.7 Å². The quantitative estimate of drug-likeness (QED) is 0.878. The number of anilines is 1. The summed E-state index contributed by atoms with van der Waals surface area (Å²) >= 11 is 0. The van der Waals surface area contributed by atoms with Crippen LogP contribution in [0.1, 0.15) is 37.3 Å². The molecule has 0 spiro atoms. The lowest BCUT2D eigenvalue weighted by Gasteiger charge is -2.11. The summed E-state index contributed by atoms with van der Waals surface area (Å²) in [6.07, 6.45) is 2.02. The minimum atomic E-state index is 0.364. The van der Waals surface area contributed by atoms with E-state index in [9.17, 15) is 0 Å². The predicted molar refractivity (Wildman–Crippen MR) is 63.7 cm³/mol. The van der Waals surface area contributed by atoms with Crippen LogP contribution < -0.4 is 5.32 Å². The van der Waals surface area contributed by atoms with Gasteiger partial charge in [-0.1, -0.05) is 5.16 Å². The standard InChI is InChI=1S/C11H17N5O/c1-7(2)16-6-8(3)13-11(16)12-5-10-14-9(4)15-17-10/h6-7H,5H2,1-4H3,(H,12,13). The zero-order valence-electron chi connectivity index (χ0n) is 10.6. The average Bonchev–Trinajstić information content (AvgIpc) is 2.82. The fourth-order valence-electron chi connectivity index (χ4n) is 1.61. The Kier molecular flexibility index (Phi) is 3.12. The Morgan fingerprint density at radius 2 is 2.12 bits per heavy atom. The van der Waals surface area contributed by atoms with Crippen LogP contribution in [-0.2, 0) is 6.54 Å². The van der Waals surface area contributed by atoms with Crippen molar-refractivity contribution in [2.75, 3.05) is 5.32 Å². The molecule has 0 radical (unpaired) electrons. The van der Waals surface area contributed by atoms with Crippen LogP contribution in [0, 0.1) is 13.8 Å². The second kappa shape index (κ2) is 4.57. The SMILES string of the molecule is Cc1cn(C(C)C)c(NCc2nc(C)no2)n1. The van der Waals surface area contributed by atoms with Crippen molar-refractivity contribution < 1.29 is 4.52 Å². The summed E-state index contributed by atoms with van der Waals surface area (Å²) in [5.74, 6) is 2.04. The number of nitrogens with zero attached hydrogens (tertiary/aromatic N) is 4. The first-order valence-electron chi connectivity index (χ1n) is 5.65. The molecule has 0 aromatic carbocycles.